The first-order chi connectivity index (χ1) is 66.1. The van der Waals surface area contributed by atoms with Crippen LogP contribution in [-0.2, 0) is 52.4 Å². The summed E-state index contributed by atoms with van der Waals surface area (Å²) in [5.74, 6) is 33.8. The summed E-state index contributed by atoms with van der Waals surface area (Å²) < 4.78 is 40.4. The maximum absolute atomic E-state index is 12.4. The van der Waals surface area contributed by atoms with E-state index in [2.05, 4.69) is 224 Å². The lowest BCUT2D eigenvalue weighted by atomic mass is 9.76. The molecule has 6 aliphatic carbocycles. The zero-order chi connectivity index (χ0) is 91.7. The van der Waals surface area contributed by atoms with Crippen LogP contribution in [0.2, 0.25) is 0 Å². The Bertz CT molecular complexity index is 6480. The Kier molecular flexibility index (Phi) is 24.2. The number of methoxy groups -OCH3 is 1. The number of piperidine rings is 5. The van der Waals surface area contributed by atoms with Gasteiger partial charge in [0.05, 0.1) is 50.5 Å². The van der Waals surface area contributed by atoms with Crippen LogP contribution in [0.1, 0.15) is 185 Å². The molecule has 18 heteroatoms. The number of allylic oxidation sites excluding steroid dienone is 2. The fourth-order valence-electron chi connectivity index (χ4n) is 27.3. The number of carbonyl (C=O) groups is 5. The maximum Gasteiger partial charge on any atom is 0.332 e. The van der Waals surface area contributed by atoms with Crippen molar-refractivity contribution in [2.24, 2.45) is 5.92 Å². The van der Waals surface area contributed by atoms with Crippen LogP contribution in [0.15, 0.2) is 232 Å². The fourth-order valence-corrected chi connectivity index (χ4v) is 27.3. The van der Waals surface area contributed by atoms with Crippen LogP contribution in [0.5, 0.6) is 5.75 Å². The van der Waals surface area contributed by atoms with Crippen LogP contribution < -0.4 is 4.74 Å². The summed E-state index contributed by atoms with van der Waals surface area (Å²) in [6.07, 6.45) is 54.1. The highest BCUT2D eigenvalue weighted by Gasteiger charge is 2.67. The molecule has 21 aliphatic rings. The predicted octanol–water partition coefficient (Wildman–Crippen LogP) is 17.1. The quantitative estimate of drug-likeness (QED) is 0.0341. The molecule has 0 N–H and O–H groups in total. The monoisotopic (exact) mass is 1800 g/mol. The summed E-state index contributed by atoms with van der Waals surface area (Å²) >= 11 is 0. The van der Waals surface area contributed by atoms with E-state index in [0.29, 0.717) is 73.5 Å². The highest BCUT2D eigenvalue weighted by atomic mass is 16.6. The molecule has 5 spiro atoms. The second kappa shape index (κ2) is 36.8. The summed E-state index contributed by atoms with van der Waals surface area (Å²) in [6.45, 7) is 17.4. The predicted molar refractivity (Wildman–Crippen MR) is 522 cm³/mol. The Morgan fingerprint density at radius 1 is 0.422 bits per heavy atom. The summed E-state index contributed by atoms with van der Waals surface area (Å²) in [5.41, 5.74) is 9.78. The molecule has 0 saturated carbocycles. The van der Waals surface area contributed by atoms with Gasteiger partial charge in [0, 0.05) is 165 Å². The molecule has 26 rings (SSSR count). The van der Waals surface area contributed by atoms with Gasteiger partial charge >= 0.3 is 29.8 Å². The van der Waals surface area contributed by atoms with Crippen LogP contribution in [0.3, 0.4) is 0 Å². The smallest absolute Gasteiger partial charge is 0.332 e. The third-order valence-electron chi connectivity index (χ3n) is 32.7. The van der Waals surface area contributed by atoms with Crippen molar-refractivity contribution in [3.63, 3.8) is 0 Å². The number of nitrogens with zero attached hydrogens (tertiary/aromatic N) is 6. The van der Waals surface area contributed by atoms with Crippen LogP contribution in [0, 0.1) is 65.1 Å². The number of hydrogen-bond acceptors (Lipinski definition) is 18. The van der Waals surface area contributed by atoms with Gasteiger partial charge in [-0.2, -0.15) is 0 Å². The van der Waals surface area contributed by atoms with Crippen LogP contribution in [-0.4, -0.2) is 220 Å². The first kappa shape index (κ1) is 88.7. The molecule has 15 heterocycles. The van der Waals surface area contributed by atoms with Gasteiger partial charge in [-0.05, 0) is 205 Å². The SMILES string of the molecule is C=CCOCC#CC1=C[C@@H]2C[C@@]3(OC(=O)C=C13)[C@H]1CCCCN21.CCCN(CC#CC1=C[C@@H]2C[C@@]3(OC(=O)C=C13)[C@H]1CCCCN21)CCC.COc1ccc2cc(C#CC3=C[C@@H]4C[C@@]5(OC(=O)C=C35)[C@H]3CCCCN43)ccc2c1.O=C1C=C2C(C#CC3C=CCCC3)=C[C@@H]3C[C@@]2(O1)[C@H]1CCCCN31.O=C1C=C2C(C#Cc3cc4ccccc4c4ccccc34)=C[C@@H]3C[C@@]2(O1)[C@H]1CCCCN31. The lowest BCUT2D eigenvalue weighted by Gasteiger charge is -2.38. The Morgan fingerprint density at radius 3 is 1.27 bits per heavy atom. The van der Waals surface area contributed by atoms with Crippen molar-refractivity contribution in [2.75, 3.05) is 72.7 Å². The third kappa shape index (κ3) is 16.0. The minimum Gasteiger partial charge on any atom is -0.497 e. The molecule has 1 unspecified atom stereocenters. The van der Waals surface area contributed by atoms with Crippen molar-refractivity contribution in [2.45, 2.75) is 263 Å². The molecule has 10 saturated heterocycles. The Hall–Kier alpha value is -11.6. The number of carbonyl (C=O) groups excluding carboxylic acids is 5. The second-order valence-corrected chi connectivity index (χ2v) is 40.4. The second-order valence-electron chi connectivity index (χ2n) is 40.4. The molecule has 0 aromatic heterocycles. The molecule has 18 nitrogen and oxygen atoms in total. The van der Waals surface area contributed by atoms with Crippen molar-refractivity contribution >= 4 is 62.2 Å². The van der Waals surface area contributed by atoms with Crippen molar-refractivity contribution in [1.29, 1.82) is 0 Å². The molecular formula is C117H120N6O12. The van der Waals surface area contributed by atoms with Crippen molar-refractivity contribution in [1.82, 2.24) is 29.4 Å². The molecule has 10 bridgehead atoms. The van der Waals surface area contributed by atoms with E-state index in [1.54, 1.807) is 43.6 Å². The molecule has 5 aromatic carbocycles. The summed E-state index contributed by atoms with van der Waals surface area (Å²) in [6, 6.07) is 34.7. The first-order valence-corrected chi connectivity index (χ1v) is 50.3. The summed E-state index contributed by atoms with van der Waals surface area (Å²) in [4.78, 5) is 76.1. The van der Waals surface area contributed by atoms with E-state index in [-0.39, 0.29) is 35.9 Å². The Morgan fingerprint density at radius 2 is 0.830 bits per heavy atom. The topological polar surface area (TPSA) is 169 Å². The molecule has 690 valence electrons. The van der Waals surface area contributed by atoms with Gasteiger partial charge in [0.25, 0.3) is 0 Å². The molecule has 10 fully saturated rings. The van der Waals surface area contributed by atoms with E-state index in [9.17, 15) is 24.0 Å². The number of rotatable bonds is 9. The van der Waals surface area contributed by atoms with Gasteiger partial charge in [-0.1, -0.05) is 214 Å². The van der Waals surface area contributed by atoms with Crippen LogP contribution in [0.25, 0.3) is 32.3 Å². The highest BCUT2D eigenvalue weighted by molar-refractivity contribution is 6.10. The molecule has 0 amide bonds. The standard InChI is InChI=1S/C29H23NO2.C26H23NO3.C22H30N2O2.C21H23NO2.C19H21NO3/c31-28-17-26-21(16-22-18-29(26,32-28)27-11-5-6-14-30(22)27)13-12-20-15-19-7-1-2-8-23(19)25-10-4-3-9-24(20)25;1-29-22-10-9-18-12-17(5-7-19(18)14-22)6-8-20-13-21-16-26(23(20)15-25(28)30-26)24-4-2-3-11-27(21)24;1-3-10-23(11-4-2)12-7-8-17-14-18-16-22(19(17)15-21(25)26-22)20-9-5-6-13-24(18)20;23-20-13-18-16(10-9-15-6-2-1-3-7-15)12-17-14-21(18,24-20)19-8-4-5-11-22(17)19;1-2-9-22-10-5-6-14-11-15-13-19(16(14)12-18(21)23-19)17-7-3-4-8-20(15)17/h1-4,7-10,15-17,22,27H,5-6,11,14,18H2;5,7,9-10,12-15,21,24H,2-4,11,16H2,1H3;14-15,18,20H,3-6,9-13,16H2,1-2H3;2,6,12-13,15,17,19H,1,3-5,7-8,11,14H2;2,11-12,15,17H,1,3-4,7-10,13H2/t22-,27-,29+;21-,24-,26+;18-,20-,22+;15?,17-,19-,21+;15-,17-,19+/m11111/s1. The minimum atomic E-state index is -0.494. The third-order valence-corrected chi connectivity index (χ3v) is 32.7. The van der Waals surface area contributed by atoms with Gasteiger partial charge < -0.3 is 33.2 Å². The maximum atomic E-state index is 12.4. The zero-order valence-corrected chi connectivity index (χ0v) is 78.1. The molecule has 16 atom stereocenters. The number of hydrogen-bond donors (Lipinski definition) is 0. The number of fused-ring (bicyclic) bond motifs is 19. The lowest BCUT2D eigenvalue weighted by molar-refractivity contribution is -0.149. The van der Waals surface area contributed by atoms with Crippen molar-refractivity contribution in [3.05, 3.63) is 243 Å². The van der Waals surface area contributed by atoms with Crippen LogP contribution in [0.4, 0.5) is 0 Å². The van der Waals surface area contributed by atoms with Gasteiger partial charge in [0.2, 0.25) is 0 Å². The van der Waals surface area contributed by atoms with E-state index < -0.39 is 28.0 Å². The average molecular weight is 1800 g/mol. The van der Waals surface area contributed by atoms with E-state index in [4.69, 9.17) is 33.2 Å². The molecule has 15 aliphatic heterocycles. The van der Waals surface area contributed by atoms with Gasteiger partial charge in [0.1, 0.15) is 12.4 Å². The largest absolute Gasteiger partial charge is 0.497 e. The fraction of sp³-hybridized carbons (Fsp3) is 0.462. The highest BCUT2D eigenvalue weighted by Crippen LogP contribution is 2.60. The molecular weight excluding hydrogens is 1680 g/mol. The van der Waals surface area contributed by atoms with Crippen molar-refractivity contribution < 1.29 is 57.1 Å². The van der Waals surface area contributed by atoms with E-state index >= 15 is 0 Å². The van der Waals surface area contributed by atoms with E-state index in [1.165, 1.54) is 93.2 Å². The Labute approximate surface area is 793 Å². The van der Waals surface area contributed by atoms with Gasteiger partial charge in [-0.3, -0.25) is 29.4 Å². The molecule has 5 aromatic rings. The first-order valence-electron chi connectivity index (χ1n) is 50.3. The average Bonchev–Trinajstić information content (AvgIpc) is 1.57. The summed E-state index contributed by atoms with van der Waals surface area (Å²) in [7, 11) is 1.68. The van der Waals surface area contributed by atoms with Gasteiger partial charge in [-0.15, -0.1) is 6.58 Å². The number of esters is 5. The van der Waals surface area contributed by atoms with Crippen molar-refractivity contribution in [3.8, 4) is 65.0 Å². The normalized spacial score (nSPS) is 32.5. The molecule has 0 radical (unpaired) electrons. The minimum absolute atomic E-state index is 0.177. The Balaban J connectivity index is 0.0000000985. The summed E-state index contributed by atoms with van der Waals surface area (Å²) in [5, 5.41) is 7.09. The lowest BCUT2D eigenvalue weighted by Crippen LogP contribution is -2.48. The molecule has 135 heavy (non-hydrogen) atoms. The zero-order valence-electron chi connectivity index (χ0n) is 78.1. The number of benzene rings is 5. The van der Waals surface area contributed by atoms with Crippen LogP contribution >= 0.6 is 0 Å². The van der Waals surface area contributed by atoms with Gasteiger partial charge in [-0.25, -0.2) is 24.0 Å². The van der Waals surface area contributed by atoms with E-state index in [1.807, 2.05) is 18.2 Å². The van der Waals surface area contributed by atoms with E-state index in [0.717, 1.165) is 225 Å². The number of ether oxygens (including phenoxy) is 7. The van der Waals surface area contributed by atoms with Gasteiger partial charge in [0.15, 0.2) is 28.0 Å².